The highest BCUT2D eigenvalue weighted by Gasteiger charge is 2.13. The van der Waals surface area contributed by atoms with Crippen LogP contribution in [0.15, 0.2) is 54.7 Å². The molecule has 2 amide bonds. The molecular formula is C20H21N5O3. The summed E-state index contributed by atoms with van der Waals surface area (Å²) in [6, 6.07) is 14.9. The summed E-state index contributed by atoms with van der Waals surface area (Å²) >= 11 is 0. The Morgan fingerprint density at radius 2 is 1.86 bits per heavy atom. The van der Waals surface area contributed by atoms with E-state index in [9.17, 15) is 9.59 Å². The topological polar surface area (TPSA) is 88.0 Å². The van der Waals surface area contributed by atoms with E-state index in [1.165, 1.54) is 0 Å². The van der Waals surface area contributed by atoms with E-state index in [4.69, 9.17) is 4.74 Å². The van der Waals surface area contributed by atoms with Crippen LogP contribution in [0.25, 0.3) is 5.52 Å². The molecule has 2 N–H and O–H groups in total. The van der Waals surface area contributed by atoms with Gasteiger partial charge in [-0.05, 0) is 42.5 Å². The molecule has 0 aliphatic carbocycles. The number of hydrogen-bond donors (Lipinski definition) is 2. The number of hydrogen-bond acceptors (Lipinski definition) is 5. The molecule has 8 heteroatoms. The van der Waals surface area contributed by atoms with Gasteiger partial charge in [-0.15, -0.1) is 0 Å². The van der Waals surface area contributed by atoms with Crippen molar-refractivity contribution >= 4 is 28.7 Å². The second-order valence-corrected chi connectivity index (χ2v) is 6.48. The average molecular weight is 379 g/mol. The standard InChI is InChI=1S/C20H21N5O3/c26-19(14-21-20(27)18-13-17-3-1-2-8-25(17)23-18)22-15-4-6-16(7-5-15)24-9-11-28-12-10-24/h1-8,13H,9-12,14H2,(H,21,27)(H,22,26). The monoisotopic (exact) mass is 379 g/mol. The molecule has 4 rings (SSSR count). The molecule has 1 aromatic carbocycles. The number of nitrogens with one attached hydrogen (secondary N) is 2. The summed E-state index contributed by atoms with van der Waals surface area (Å²) in [7, 11) is 0. The quantitative estimate of drug-likeness (QED) is 0.702. The molecule has 2 aromatic heterocycles. The third kappa shape index (κ3) is 4.12. The maximum atomic E-state index is 12.2. The Bertz CT molecular complexity index is 944. The Balaban J connectivity index is 1.29. The van der Waals surface area contributed by atoms with Gasteiger partial charge in [0.15, 0.2) is 5.69 Å². The fourth-order valence-corrected chi connectivity index (χ4v) is 3.08. The fourth-order valence-electron chi connectivity index (χ4n) is 3.08. The van der Waals surface area contributed by atoms with Crippen molar-refractivity contribution in [1.82, 2.24) is 14.9 Å². The van der Waals surface area contributed by atoms with Gasteiger partial charge in [-0.3, -0.25) is 9.59 Å². The number of nitrogens with zero attached hydrogens (tertiary/aromatic N) is 3. The number of rotatable bonds is 5. The highest BCUT2D eigenvalue weighted by atomic mass is 16.5. The lowest BCUT2D eigenvalue weighted by Crippen LogP contribution is -2.36. The van der Waals surface area contributed by atoms with Crippen LogP contribution in [-0.2, 0) is 9.53 Å². The van der Waals surface area contributed by atoms with E-state index in [0.717, 1.165) is 37.5 Å². The Labute approximate surface area is 162 Å². The minimum Gasteiger partial charge on any atom is -0.378 e. The summed E-state index contributed by atoms with van der Waals surface area (Å²) in [5, 5.41) is 9.57. The third-order valence-electron chi connectivity index (χ3n) is 4.54. The van der Waals surface area contributed by atoms with Crippen LogP contribution in [-0.4, -0.2) is 54.3 Å². The number of benzene rings is 1. The summed E-state index contributed by atoms with van der Waals surface area (Å²) in [4.78, 5) is 26.6. The predicted molar refractivity (Wildman–Crippen MR) is 106 cm³/mol. The maximum Gasteiger partial charge on any atom is 0.272 e. The number of aromatic nitrogens is 2. The Morgan fingerprint density at radius 3 is 2.61 bits per heavy atom. The van der Waals surface area contributed by atoms with Crippen LogP contribution < -0.4 is 15.5 Å². The molecule has 3 aromatic rings. The van der Waals surface area contributed by atoms with Crippen LogP contribution in [0.3, 0.4) is 0 Å². The normalized spacial score (nSPS) is 14.1. The lowest BCUT2D eigenvalue weighted by atomic mass is 10.2. The van der Waals surface area contributed by atoms with E-state index in [1.807, 2.05) is 42.5 Å². The first-order valence-corrected chi connectivity index (χ1v) is 9.14. The van der Waals surface area contributed by atoms with Gasteiger partial charge in [-0.2, -0.15) is 5.10 Å². The van der Waals surface area contributed by atoms with Crippen molar-refractivity contribution in [1.29, 1.82) is 0 Å². The molecule has 0 bridgehead atoms. The zero-order chi connectivity index (χ0) is 19.3. The van der Waals surface area contributed by atoms with Crippen molar-refractivity contribution in [3.8, 4) is 0 Å². The van der Waals surface area contributed by atoms with E-state index >= 15 is 0 Å². The van der Waals surface area contributed by atoms with Crippen molar-refractivity contribution < 1.29 is 14.3 Å². The zero-order valence-electron chi connectivity index (χ0n) is 15.3. The number of carbonyl (C=O) groups excluding carboxylic acids is 2. The molecule has 1 fully saturated rings. The first kappa shape index (κ1) is 18.0. The first-order valence-electron chi connectivity index (χ1n) is 9.14. The smallest absolute Gasteiger partial charge is 0.272 e. The summed E-state index contributed by atoms with van der Waals surface area (Å²) < 4.78 is 6.97. The van der Waals surface area contributed by atoms with Crippen molar-refractivity contribution in [2.45, 2.75) is 0 Å². The molecule has 0 spiro atoms. The average Bonchev–Trinajstić information content (AvgIpc) is 3.18. The van der Waals surface area contributed by atoms with Crippen molar-refractivity contribution in [3.63, 3.8) is 0 Å². The zero-order valence-corrected chi connectivity index (χ0v) is 15.3. The molecule has 1 aliphatic heterocycles. The molecule has 0 atom stereocenters. The lowest BCUT2D eigenvalue weighted by molar-refractivity contribution is -0.115. The van der Waals surface area contributed by atoms with Crippen LogP contribution in [0.1, 0.15) is 10.5 Å². The summed E-state index contributed by atoms with van der Waals surface area (Å²) in [5.74, 6) is -0.683. The predicted octanol–water partition coefficient (Wildman–Crippen LogP) is 1.54. The fraction of sp³-hybridized carbons (Fsp3) is 0.250. The Hall–Kier alpha value is -3.39. The Kier molecular flexibility index (Phi) is 5.20. The molecule has 0 unspecified atom stereocenters. The number of morpholine rings is 1. The van der Waals surface area contributed by atoms with Gasteiger partial charge in [-0.1, -0.05) is 6.07 Å². The number of anilines is 2. The van der Waals surface area contributed by atoms with Gasteiger partial charge in [-0.25, -0.2) is 4.52 Å². The first-order chi connectivity index (χ1) is 13.7. The van der Waals surface area contributed by atoms with Crippen LogP contribution in [0.4, 0.5) is 11.4 Å². The third-order valence-corrected chi connectivity index (χ3v) is 4.54. The van der Waals surface area contributed by atoms with Gasteiger partial charge in [0.05, 0.1) is 25.3 Å². The van der Waals surface area contributed by atoms with Crippen molar-refractivity contribution in [2.75, 3.05) is 43.1 Å². The molecule has 1 aliphatic rings. The van der Waals surface area contributed by atoms with E-state index in [2.05, 4.69) is 20.6 Å². The molecule has 8 nitrogen and oxygen atoms in total. The molecule has 0 radical (unpaired) electrons. The van der Waals surface area contributed by atoms with Gasteiger partial charge in [0.25, 0.3) is 5.91 Å². The van der Waals surface area contributed by atoms with Crippen LogP contribution in [0.2, 0.25) is 0 Å². The van der Waals surface area contributed by atoms with E-state index < -0.39 is 0 Å². The van der Waals surface area contributed by atoms with Gasteiger partial charge in [0, 0.05) is 30.7 Å². The lowest BCUT2D eigenvalue weighted by Gasteiger charge is -2.28. The number of pyridine rings is 1. The highest BCUT2D eigenvalue weighted by molar-refractivity contribution is 5.99. The Morgan fingerprint density at radius 1 is 1.07 bits per heavy atom. The van der Waals surface area contributed by atoms with E-state index in [-0.39, 0.29) is 24.1 Å². The molecule has 0 saturated carbocycles. The van der Waals surface area contributed by atoms with E-state index in [0.29, 0.717) is 5.69 Å². The highest BCUT2D eigenvalue weighted by Crippen LogP contribution is 2.18. The minimum absolute atomic E-state index is 0.127. The largest absolute Gasteiger partial charge is 0.378 e. The number of amides is 2. The SMILES string of the molecule is O=C(CNC(=O)c1cc2ccccn2n1)Nc1ccc(N2CCOCC2)cc1. The number of ether oxygens (including phenoxy) is 1. The molecule has 28 heavy (non-hydrogen) atoms. The van der Waals surface area contributed by atoms with E-state index in [1.54, 1.807) is 16.8 Å². The second kappa shape index (κ2) is 8.10. The minimum atomic E-state index is -0.387. The van der Waals surface area contributed by atoms with Gasteiger partial charge >= 0.3 is 0 Å². The summed E-state index contributed by atoms with van der Waals surface area (Å²) in [6.07, 6.45) is 1.76. The van der Waals surface area contributed by atoms with Crippen molar-refractivity contribution in [2.24, 2.45) is 0 Å². The summed E-state index contributed by atoms with van der Waals surface area (Å²) in [5.41, 5.74) is 2.87. The van der Waals surface area contributed by atoms with Crippen molar-refractivity contribution in [3.05, 3.63) is 60.4 Å². The van der Waals surface area contributed by atoms with Crippen LogP contribution >= 0.6 is 0 Å². The van der Waals surface area contributed by atoms with Crippen LogP contribution in [0.5, 0.6) is 0 Å². The number of fused-ring (bicyclic) bond motifs is 1. The molecule has 1 saturated heterocycles. The second-order valence-electron chi connectivity index (χ2n) is 6.48. The van der Waals surface area contributed by atoms with Gasteiger partial charge in [0.1, 0.15) is 0 Å². The van der Waals surface area contributed by atoms with Gasteiger partial charge in [0.2, 0.25) is 5.91 Å². The molecule has 144 valence electrons. The number of carbonyl (C=O) groups is 2. The van der Waals surface area contributed by atoms with Crippen LogP contribution in [0, 0.1) is 0 Å². The summed E-state index contributed by atoms with van der Waals surface area (Å²) in [6.45, 7) is 3.05. The molecule has 3 heterocycles. The molecular weight excluding hydrogens is 358 g/mol. The van der Waals surface area contributed by atoms with Gasteiger partial charge < -0.3 is 20.3 Å². The maximum absolute atomic E-state index is 12.2.